The van der Waals surface area contributed by atoms with E-state index in [0.29, 0.717) is 30.3 Å². The number of benzene rings is 1. The molecule has 2 fully saturated rings. The van der Waals surface area contributed by atoms with Gasteiger partial charge < -0.3 is 20.4 Å². The molecule has 3 amide bonds. The number of rotatable bonds is 7. The summed E-state index contributed by atoms with van der Waals surface area (Å²) in [6, 6.07) is 6.76. The van der Waals surface area contributed by atoms with Gasteiger partial charge in [-0.1, -0.05) is 29.0 Å². The van der Waals surface area contributed by atoms with E-state index in [4.69, 9.17) is 11.6 Å². The van der Waals surface area contributed by atoms with E-state index in [1.54, 1.807) is 29.2 Å². The van der Waals surface area contributed by atoms with Crippen molar-refractivity contribution in [2.45, 2.75) is 25.7 Å². The first-order valence-electron chi connectivity index (χ1n) is 11.2. The van der Waals surface area contributed by atoms with Gasteiger partial charge >= 0.3 is 0 Å². The monoisotopic (exact) mass is 490 g/mol. The number of nitrogens with one attached hydrogen (secondary N) is 2. The molecule has 3 heterocycles. The molecule has 11 heteroatoms. The summed E-state index contributed by atoms with van der Waals surface area (Å²) in [7, 11) is 0. The van der Waals surface area contributed by atoms with Gasteiger partial charge in [-0.3, -0.25) is 14.4 Å². The van der Waals surface area contributed by atoms with Gasteiger partial charge in [-0.15, -0.1) is 10.2 Å². The van der Waals surface area contributed by atoms with Gasteiger partial charge in [0.1, 0.15) is 0 Å². The molecule has 0 saturated carbocycles. The maximum absolute atomic E-state index is 12.9. The first kappa shape index (κ1) is 23.6. The van der Waals surface area contributed by atoms with Crippen molar-refractivity contribution in [3.05, 3.63) is 39.3 Å². The van der Waals surface area contributed by atoms with Crippen molar-refractivity contribution in [1.29, 1.82) is 0 Å². The van der Waals surface area contributed by atoms with Crippen LogP contribution in [0.4, 0.5) is 5.69 Å². The summed E-state index contributed by atoms with van der Waals surface area (Å²) < 4.78 is 0. The first-order chi connectivity index (χ1) is 16.0. The predicted molar refractivity (Wildman–Crippen MR) is 127 cm³/mol. The lowest BCUT2D eigenvalue weighted by Crippen LogP contribution is -2.46. The van der Waals surface area contributed by atoms with Gasteiger partial charge in [0.25, 0.3) is 11.8 Å². The number of halogens is 1. The molecule has 0 radical (unpaired) electrons. The average Bonchev–Trinajstić information content (AvgIpc) is 3.51. The third kappa shape index (κ3) is 6.27. The van der Waals surface area contributed by atoms with E-state index in [1.165, 1.54) is 12.8 Å². The van der Waals surface area contributed by atoms with Crippen LogP contribution >= 0.6 is 22.9 Å². The molecule has 1 aromatic carbocycles. The summed E-state index contributed by atoms with van der Waals surface area (Å²) in [6.45, 7) is 4.60. The van der Waals surface area contributed by atoms with E-state index < -0.39 is 5.91 Å². The molecule has 2 saturated heterocycles. The molecule has 0 aliphatic carbocycles. The Morgan fingerprint density at radius 1 is 1.09 bits per heavy atom. The maximum Gasteiger partial charge on any atom is 0.286 e. The van der Waals surface area contributed by atoms with Gasteiger partial charge in [0.2, 0.25) is 15.9 Å². The number of carbonyl (C=O) groups is 3. The number of carbonyl (C=O) groups excluding carboxylic acids is 3. The normalized spacial score (nSPS) is 18.8. The van der Waals surface area contributed by atoms with Crippen LogP contribution in [-0.4, -0.2) is 77.0 Å². The van der Waals surface area contributed by atoms with Crippen molar-refractivity contribution in [3.8, 4) is 0 Å². The first-order valence-corrected chi connectivity index (χ1v) is 12.4. The standard InChI is InChI=1S/C22H27ClN6O3S/c23-16-6-3-7-17(13-16)25-19(31)20-26-27-21(33-20)22(32)29-11-4-5-15(14-29)18(30)24-8-12-28-9-1-2-10-28/h3,6-7,13,15H,1-2,4-5,8-12,14H2,(H,24,30)(H,25,31)/t15-/m1/s1. The molecule has 0 spiro atoms. The fraction of sp³-hybridized carbons (Fsp3) is 0.500. The van der Waals surface area contributed by atoms with Crippen molar-refractivity contribution in [2.24, 2.45) is 5.92 Å². The highest BCUT2D eigenvalue weighted by molar-refractivity contribution is 7.15. The van der Waals surface area contributed by atoms with Gasteiger partial charge in [0, 0.05) is 36.9 Å². The zero-order valence-electron chi connectivity index (χ0n) is 18.3. The lowest BCUT2D eigenvalue weighted by atomic mass is 9.97. The molecule has 9 nitrogen and oxygen atoms in total. The Morgan fingerprint density at radius 2 is 1.88 bits per heavy atom. The molecular weight excluding hydrogens is 464 g/mol. The van der Waals surface area contributed by atoms with Gasteiger partial charge in [0.05, 0.1) is 5.92 Å². The van der Waals surface area contributed by atoms with Crippen LogP contribution in [0.15, 0.2) is 24.3 Å². The SMILES string of the molecule is O=C(Nc1cccc(Cl)c1)c1nnc(C(=O)N2CCC[C@@H](C(=O)NCCN3CCCC3)C2)s1. The second kappa shape index (κ2) is 11.0. The Balaban J connectivity index is 1.29. The second-order valence-corrected chi connectivity index (χ2v) is 9.72. The van der Waals surface area contributed by atoms with Crippen LogP contribution in [0, 0.1) is 5.92 Å². The fourth-order valence-electron chi connectivity index (χ4n) is 4.15. The number of amides is 3. The van der Waals surface area contributed by atoms with Crippen LogP contribution in [0.5, 0.6) is 0 Å². The van der Waals surface area contributed by atoms with E-state index >= 15 is 0 Å². The summed E-state index contributed by atoms with van der Waals surface area (Å²) >= 11 is 6.88. The van der Waals surface area contributed by atoms with Crippen LogP contribution < -0.4 is 10.6 Å². The largest absolute Gasteiger partial charge is 0.355 e. The molecule has 2 aliphatic heterocycles. The summed E-state index contributed by atoms with van der Waals surface area (Å²) in [5.74, 6) is -1.00. The van der Waals surface area contributed by atoms with E-state index in [9.17, 15) is 14.4 Å². The predicted octanol–water partition coefficient (Wildman–Crippen LogP) is 2.51. The summed E-state index contributed by atoms with van der Waals surface area (Å²) in [4.78, 5) is 42.0. The Bertz CT molecular complexity index is 1010. The van der Waals surface area contributed by atoms with E-state index in [-0.39, 0.29) is 27.7 Å². The highest BCUT2D eigenvalue weighted by Gasteiger charge is 2.31. The molecule has 2 aromatic rings. The Labute approximate surface area is 201 Å². The van der Waals surface area contributed by atoms with Gasteiger partial charge in [-0.2, -0.15) is 0 Å². The highest BCUT2D eigenvalue weighted by atomic mass is 35.5. The Hall–Kier alpha value is -2.56. The van der Waals surface area contributed by atoms with E-state index in [2.05, 4.69) is 25.7 Å². The molecule has 1 atom stereocenters. The molecule has 4 rings (SSSR count). The van der Waals surface area contributed by atoms with Crippen molar-refractivity contribution >= 4 is 46.3 Å². The number of aromatic nitrogens is 2. The van der Waals surface area contributed by atoms with Crippen LogP contribution in [-0.2, 0) is 4.79 Å². The number of hydrogen-bond donors (Lipinski definition) is 2. The Kier molecular flexibility index (Phi) is 7.89. The van der Waals surface area contributed by atoms with Crippen LogP contribution in [0.1, 0.15) is 45.3 Å². The van der Waals surface area contributed by atoms with Crippen molar-refractivity contribution in [3.63, 3.8) is 0 Å². The molecule has 0 unspecified atom stereocenters. The smallest absolute Gasteiger partial charge is 0.286 e. The summed E-state index contributed by atoms with van der Waals surface area (Å²) in [5, 5.41) is 14.2. The van der Waals surface area contributed by atoms with Gasteiger partial charge in [-0.25, -0.2) is 0 Å². The van der Waals surface area contributed by atoms with Crippen molar-refractivity contribution < 1.29 is 14.4 Å². The summed E-state index contributed by atoms with van der Waals surface area (Å²) in [5.41, 5.74) is 0.533. The highest BCUT2D eigenvalue weighted by Crippen LogP contribution is 2.21. The Morgan fingerprint density at radius 3 is 2.67 bits per heavy atom. The van der Waals surface area contributed by atoms with Gasteiger partial charge in [-0.05, 0) is 57.0 Å². The van der Waals surface area contributed by atoms with Crippen molar-refractivity contribution in [1.82, 2.24) is 25.3 Å². The van der Waals surface area contributed by atoms with Crippen LogP contribution in [0.2, 0.25) is 5.02 Å². The maximum atomic E-state index is 12.9. The second-order valence-electron chi connectivity index (χ2n) is 8.31. The number of anilines is 1. The van der Waals surface area contributed by atoms with E-state index in [0.717, 1.165) is 43.8 Å². The third-order valence-electron chi connectivity index (χ3n) is 5.89. The molecule has 2 N–H and O–H groups in total. The zero-order chi connectivity index (χ0) is 23.2. The molecule has 176 valence electrons. The minimum absolute atomic E-state index is 0.00875. The van der Waals surface area contributed by atoms with Crippen LogP contribution in [0.3, 0.4) is 0 Å². The van der Waals surface area contributed by atoms with Gasteiger partial charge in [0.15, 0.2) is 0 Å². The summed E-state index contributed by atoms with van der Waals surface area (Å²) in [6.07, 6.45) is 3.95. The molecule has 0 bridgehead atoms. The number of likely N-dealkylation sites (tertiary alicyclic amines) is 2. The minimum atomic E-state index is -0.456. The minimum Gasteiger partial charge on any atom is -0.355 e. The van der Waals surface area contributed by atoms with Crippen LogP contribution in [0.25, 0.3) is 0 Å². The quantitative estimate of drug-likeness (QED) is 0.617. The lowest BCUT2D eigenvalue weighted by molar-refractivity contribution is -0.126. The lowest BCUT2D eigenvalue weighted by Gasteiger charge is -2.31. The number of hydrogen-bond acceptors (Lipinski definition) is 7. The third-order valence-corrected chi connectivity index (χ3v) is 7.04. The number of piperidine rings is 1. The molecular formula is C22H27ClN6O3S. The molecule has 33 heavy (non-hydrogen) atoms. The van der Waals surface area contributed by atoms with E-state index in [1.807, 2.05) is 0 Å². The number of nitrogens with zero attached hydrogens (tertiary/aromatic N) is 4. The van der Waals surface area contributed by atoms with Crippen molar-refractivity contribution in [2.75, 3.05) is 44.6 Å². The average molecular weight is 491 g/mol. The fourth-order valence-corrected chi connectivity index (χ4v) is 5.05. The molecule has 1 aromatic heterocycles. The topological polar surface area (TPSA) is 108 Å². The zero-order valence-corrected chi connectivity index (χ0v) is 19.8. The molecule has 2 aliphatic rings.